The second kappa shape index (κ2) is 11.5. The number of para-hydroxylation sites is 5. The van der Waals surface area contributed by atoms with Gasteiger partial charge in [0.1, 0.15) is 27.9 Å². The third kappa shape index (κ3) is 4.47. The second-order valence-electron chi connectivity index (χ2n) is 14.1. The summed E-state index contributed by atoms with van der Waals surface area (Å²) in [6, 6.07) is 63.5. The molecular weight excluding hydrogens is 677 g/mol. The minimum atomic E-state index is 0.841. The molecule has 0 spiro atoms. The first-order valence-corrected chi connectivity index (χ1v) is 18.5. The topological polar surface area (TPSA) is 47.6 Å². The Morgan fingerprint density at radius 1 is 0.382 bits per heavy atom. The third-order valence-electron chi connectivity index (χ3n) is 11.0. The fraction of sp³-hybridized carbons (Fsp3) is 0. The number of anilines is 3. The van der Waals surface area contributed by atoms with Crippen LogP contribution in [-0.4, -0.2) is 4.57 Å². The van der Waals surface area contributed by atoms with Crippen molar-refractivity contribution in [2.24, 2.45) is 0 Å². The van der Waals surface area contributed by atoms with Gasteiger partial charge >= 0.3 is 0 Å². The number of furan rings is 3. The molecule has 0 amide bonds. The molecule has 4 aromatic heterocycles. The van der Waals surface area contributed by atoms with Crippen molar-refractivity contribution in [3.63, 3.8) is 0 Å². The molecule has 12 aromatic rings. The predicted octanol–water partition coefficient (Wildman–Crippen LogP) is 14.5. The Balaban J connectivity index is 1.02. The minimum Gasteiger partial charge on any atom is -0.456 e. The first kappa shape index (κ1) is 30.0. The number of benzene rings is 8. The lowest BCUT2D eigenvalue weighted by Crippen LogP contribution is -2.09. The van der Waals surface area contributed by atoms with E-state index in [1.807, 2.05) is 30.3 Å². The minimum absolute atomic E-state index is 0.841. The monoisotopic (exact) mass is 706 g/mol. The van der Waals surface area contributed by atoms with E-state index in [4.69, 9.17) is 13.3 Å². The van der Waals surface area contributed by atoms with Crippen molar-refractivity contribution in [3.05, 3.63) is 182 Å². The number of hydrogen-bond acceptors (Lipinski definition) is 4. The van der Waals surface area contributed by atoms with E-state index in [0.29, 0.717) is 0 Å². The van der Waals surface area contributed by atoms with Gasteiger partial charge in [-0.25, -0.2) is 0 Å². The molecule has 0 aliphatic carbocycles. The average Bonchev–Trinajstić information content (AvgIpc) is 3.99. The molecule has 0 fully saturated rings. The first-order chi connectivity index (χ1) is 27.3. The molecule has 8 aromatic carbocycles. The molecule has 0 radical (unpaired) electrons. The van der Waals surface area contributed by atoms with Gasteiger partial charge in [-0.1, -0.05) is 103 Å². The zero-order valence-corrected chi connectivity index (χ0v) is 29.4. The van der Waals surface area contributed by atoms with E-state index in [-0.39, 0.29) is 0 Å². The molecule has 0 unspecified atom stereocenters. The Bertz CT molecular complexity index is 3320. The molecule has 5 heteroatoms. The van der Waals surface area contributed by atoms with Crippen LogP contribution in [0.4, 0.5) is 17.1 Å². The summed E-state index contributed by atoms with van der Waals surface area (Å²) in [6.45, 7) is 0. The SMILES string of the molecule is c1ccc(-n2c3ccccc3c3c4cccc(-c5ccc(N(c6ccc7c(c6)oc6ccccc67)c6ccc7c(c6)oc6ccccc67)cc5)c4oc32)cc1. The van der Waals surface area contributed by atoms with Crippen LogP contribution in [0.5, 0.6) is 0 Å². The van der Waals surface area contributed by atoms with Crippen LogP contribution in [0.15, 0.2) is 195 Å². The molecule has 0 aliphatic heterocycles. The van der Waals surface area contributed by atoms with Crippen LogP contribution in [0.25, 0.3) is 93.7 Å². The summed E-state index contributed by atoms with van der Waals surface area (Å²) >= 11 is 0. The van der Waals surface area contributed by atoms with Gasteiger partial charge in [0.15, 0.2) is 0 Å². The Kier molecular flexibility index (Phi) is 6.27. The molecule has 0 aliphatic rings. The number of nitrogens with zero attached hydrogens (tertiary/aromatic N) is 2. The third-order valence-corrected chi connectivity index (χ3v) is 11.0. The van der Waals surface area contributed by atoms with Crippen molar-refractivity contribution >= 4 is 93.9 Å². The number of hydrogen-bond donors (Lipinski definition) is 0. The van der Waals surface area contributed by atoms with E-state index in [1.165, 1.54) is 5.39 Å². The lowest BCUT2D eigenvalue weighted by molar-refractivity contribution is 0.646. The molecule has 0 atom stereocenters. The van der Waals surface area contributed by atoms with Crippen LogP contribution in [0, 0.1) is 0 Å². The summed E-state index contributed by atoms with van der Waals surface area (Å²) in [7, 11) is 0. The van der Waals surface area contributed by atoms with Gasteiger partial charge in [0, 0.05) is 72.8 Å². The maximum Gasteiger partial charge on any atom is 0.213 e. The highest BCUT2D eigenvalue weighted by atomic mass is 16.3. The second-order valence-corrected chi connectivity index (χ2v) is 14.1. The van der Waals surface area contributed by atoms with E-state index in [0.717, 1.165) is 105 Å². The Labute approximate surface area is 314 Å². The summed E-state index contributed by atoms with van der Waals surface area (Å²) in [5.41, 5.74) is 12.4. The quantitative estimate of drug-likeness (QED) is 0.179. The standard InChI is InChI=1S/C50H30N2O3/c1-2-11-32(12-3-1)52-43-18-7-4-15-41(43)48-42-17-10-16-36(49(42)55-50(48)52)31-21-23-33(24-22-31)51(34-25-27-39-37-13-5-8-19-44(37)53-46(39)29-34)35-26-28-40-38-14-6-9-20-45(38)54-47(40)30-35/h1-30H. The first-order valence-electron chi connectivity index (χ1n) is 18.5. The number of aromatic nitrogens is 1. The van der Waals surface area contributed by atoms with Crippen LogP contribution >= 0.6 is 0 Å². The van der Waals surface area contributed by atoms with Gasteiger partial charge in [0.05, 0.1) is 10.9 Å². The van der Waals surface area contributed by atoms with Gasteiger partial charge in [0.2, 0.25) is 5.71 Å². The highest BCUT2D eigenvalue weighted by Crippen LogP contribution is 2.44. The van der Waals surface area contributed by atoms with E-state index < -0.39 is 0 Å². The number of rotatable bonds is 5. The molecule has 5 nitrogen and oxygen atoms in total. The fourth-order valence-electron chi connectivity index (χ4n) is 8.52. The summed E-state index contributed by atoms with van der Waals surface area (Å²) in [6.07, 6.45) is 0. The van der Waals surface area contributed by atoms with Crippen LogP contribution in [0.2, 0.25) is 0 Å². The van der Waals surface area contributed by atoms with E-state index in [9.17, 15) is 0 Å². The van der Waals surface area contributed by atoms with Crippen LogP contribution in [0.3, 0.4) is 0 Å². The zero-order chi connectivity index (χ0) is 36.0. The molecule has 0 saturated carbocycles. The molecule has 258 valence electrons. The maximum absolute atomic E-state index is 6.89. The van der Waals surface area contributed by atoms with Crippen molar-refractivity contribution in [1.82, 2.24) is 4.57 Å². The van der Waals surface area contributed by atoms with Gasteiger partial charge in [-0.3, -0.25) is 4.57 Å². The summed E-state index contributed by atoms with van der Waals surface area (Å²) in [4.78, 5) is 2.26. The van der Waals surface area contributed by atoms with Gasteiger partial charge in [-0.15, -0.1) is 0 Å². The highest BCUT2D eigenvalue weighted by Gasteiger charge is 2.22. The van der Waals surface area contributed by atoms with Crippen molar-refractivity contribution in [1.29, 1.82) is 0 Å². The lowest BCUT2D eigenvalue weighted by atomic mass is 10.0. The predicted molar refractivity (Wildman–Crippen MR) is 225 cm³/mol. The molecule has 0 saturated heterocycles. The van der Waals surface area contributed by atoms with Gasteiger partial charge in [-0.05, 0) is 72.3 Å². The smallest absolute Gasteiger partial charge is 0.213 e. The van der Waals surface area contributed by atoms with Crippen molar-refractivity contribution in [2.75, 3.05) is 4.90 Å². The van der Waals surface area contributed by atoms with Crippen LogP contribution in [0.1, 0.15) is 0 Å². The van der Waals surface area contributed by atoms with Crippen LogP contribution in [-0.2, 0) is 0 Å². The molecule has 0 bridgehead atoms. The molecule has 55 heavy (non-hydrogen) atoms. The molecular formula is C50H30N2O3. The Morgan fingerprint density at radius 3 is 1.60 bits per heavy atom. The van der Waals surface area contributed by atoms with E-state index in [2.05, 4.69) is 161 Å². The highest BCUT2D eigenvalue weighted by molar-refractivity contribution is 6.21. The van der Waals surface area contributed by atoms with Crippen LogP contribution < -0.4 is 4.90 Å². The average molecular weight is 707 g/mol. The fourth-order valence-corrected chi connectivity index (χ4v) is 8.52. The molecule has 4 heterocycles. The van der Waals surface area contributed by atoms with Gasteiger partial charge in [0.25, 0.3) is 0 Å². The molecule has 0 N–H and O–H groups in total. The van der Waals surface area contributed by atoms with E-state index >= 15 is 0 Å². The summed E-state index contributed by atoms with van der Waals surface area (Å²) in [5, 5.41) is 7.80. The molecule has 12 rings (SSSR count). The van der Waals surface area contributed by atoms with Crippen molar-refractivity contribution in [2.45, 2.75) is 0 Å². The summed E-state index contributed by atoms with van der Waals surface area (Å²) < 4.78 is 21.9. The Morgan fingerprint density at radius 2 is 0.927 bits per heavy atom. The van der Waals surface area contributed by atoms with Gasteiger partial charge in [-0.2, -0.15) is 0 Å². The number of fused-ring (bicyclic) bond motifs is 11. The van der Waals surface area contributed by atoms with Gasteiger partial charge < -0.3 is 18.2 Å². The van der Waals surface area contributed by atoms with Crippen molar-refractivity contribution < 1.29 is 13.3 Å². The van der Waals surface area contributed by atoms with E-state index in [1.54, 1.807) is 0 Å². The maximum atomic E-state index is 6.89. The summed E-state index contributed by atoms with van der Waals surface area (Å²) in [5.74, 6) is 0. The lowest BCUT2D eigenvalue weighted by Gasteiger charge is -2.25. The zero-order valence-electron chi connectivity index (χ0n) is 29.4. The normalized spacial score (nSPS) is 12.0. The largest absolute Gasteiger partial charge is 0.456 e. The van der Waals surface area contributed by atoms with Crippen molar-refractivity contribution in [3.8, 4) is 16.8 Å². The Hall–Kier alpha value is -7.50.